The van der Waals surface area contributed by atoms with Gasteiger partial charge in [0.2, 0.25) is 5.91 Å². The zero-order chi connectivity index (χ0) is 23.1. The number of phenolic OH excluding ortho intramolecular Hbond substituents is 3. The predicted octanol–water partition coefficient (Wildman–Crippen LogP) is -4.11. The van der Waals surface area contributed by atoms with Crippen LogP contribution in [0.4, 0.5) is 4.79 Å². The Labute approximate surface area is 189 Å². The highest BCUT2D eigenvalue weighted by atomic mass is 35.5. The summed E-state index contributed by atoms with van der Waals surface area (Å²) in [5.41, 5.74) is 10.2. The second-order valence-corrected chi connectivity index (χ2v) is 6.83. The lowest BCUT2D eigenvalue weighted by molar-refractivity contribution is -0.403. The van der Waals surface area contributed by atoms with Crippen molar-refractivity contribution in [2.75, 3.05) is 7.05 Å². The van der Waals surface area contributed by atoms with E-state index < -0.39 is 30.0 Å². The van der Waals surface area contributed by atoms with Gasteiger partial charge in [0, 0.05) is 19.9 Å². The van der Waals surface area contributed by atoms with Gasteiger partial charge in [-0.3, -0.25) is 9.59 Å². The molecule has 12 heteroatoms. The van der Waals surface area contributed by atoms with E-state index in [0.29, 0.717) is 11.1 Å². The second kappa shape index (κ2) is 11.6. The van der Waals surface area contributed by atoms with Crippen LogP contribution in [0.2, 0.25) is 0 Å². The lowest BCUT2D eigenvalue weighted by Crippen LogP contribution is -3.00. The molecule has 2 rings (SSSR count). The van der Waals surface area contributed by atoms with Gasteiger partial charge in [0.05, 0.1) is 0 Å². The first kappa shape index (κ1) is 26.3. The summed E-state index contributed by atoms with van der Waals surface area (Å²) in [5.74, 6) is -2.32. The van der Waals surface area contributed by atoms with Crippen LogP contribution in [0.15, 0.2) is 36.4 Å². The molecule has 0 aromatic heterocycles. The molecular formula is C20H25ClN4O7. The van der Waals surface area contributed by atoms with E-state index in [0.717, 1.165) is 0 Å². The SMILES string of the molecule is CNC(=O)Oc1cc(C[C@H](NC(=O)[C@@H]([NH3+])Cc2ccc(O)c(O)c2)C(N)=O)ccc1O.[Cl-]. The molecule has 0 fully saturated rings. The van der Waals surface area contributed by atoms with Crippen LogP contribution in [0, 0.1) is 0 Å². The predicted molar refractivity (Wildman–Crippen MR) is 108 cm³/mol. The molecule has 0 heterocycles. The van der Waals surface area contributed by atoms with Crippen molar-refractivity contribution in [3.63, 3.8) is 0 Å². The summed E-state index contributed by atoms with van der Waals surface area (Å²) in [5, 5.41) is 33.5. The number of rotatable bonds is 8. The van der Waals surface area contributed by atoms with E-state index in [9.17, 15) is 29.7 Å². The maximum atomic E-state index is 12.5. The number of aromatic hydroxyl groups is 3. The summed E-state index contributed by atoms with van der Waals surface area (Å²) in [7, 11) is 1.36. The van der Waals surface area contributed by atoms with Gasteiger partial charge in [0.1, 0.15) is 6.04 Å². The summed E-state index contributed by atoms with van der Waals surface area (Å²) in [6.45, 7) is 0. The number of carbonyl (C=O) groups is 3. The van der Waals surface area contributed by atoms with Crippen LogP contribution in [-0.4, -0.2) is 52.4 Å². The van der Waals surface area contributed by atoms with Crippen molar-refractivity contribution in [1.82, 2.24) is 10.6 Å². The molecule has 0 aliphatic heterocycles. The zero-order valence-corrected chi connectivity index (χ0v) is 17.9. The fraction of sp³-hybridized carbons (Fsp3) is 0.250. The lowest BCUT2D eigenvalue weighted by Gasteiger charge is -2.18. The minimum atomic E-state index is -1.08. The van der Waals surface area contributed by atoms with Crippen molar-refractivity contribution in [3.8, 4) is 23.0 Å². The normalized spacial score (nSPS) is 12.1. The van der Waals surface area contributed by atoms with Crippen LogP contribution in [0.25, 0.3) is 0 Å². The van der Waals surface area contributed by atoms with Gasteiger partial charge >= 0.3 is 6.09 Å². The van der Waals surface area contributed by atoms with Gasteiger partial charge in [0.25, 0.3) is 5.91 Å². The maximum absolute atomic E-state index is 12.5. The van der Waals surface area contributed by atoms with Gasteiger partial charge < -0.3 is 54.6 Å². The fourth-order valence-electron chi connectivity index (χ4n) is 2.74. The summed E-state index contributed by atoms with van der Waals surface area (Å²) >= 11 is 0. The third-order valence-electron chi connectivity index (χ3n) is 4.42. The van der Waals surface area contributed by atoms with Crippen molar-refractivity contribution in [1.29, 1.82) is 0 Å². The summed E-state index contributed by atoms with van der Waals surface area (Å²) in [4.78, 5) is 35.7. The Kier molecular flexibility index (Phi) is 9.57. The number of phenols is 3. The number of halogens is 1. The van der Waals surface area contributed by atoms with Gasteiger partial charge in [-0.05, 0) is 35.4 Å². The molecular weight excluding hydrogens is 444 g/mol. The van der Waals surface area contributed by atoms with E-state index in [1.165, 1.54) is 43.4 Å². The van der Waals surface area contributed by atoms with Crippen molar-refractivity contribution in [3.05, 3.63) is 47.5 Å². The van der Waals surface area contributed by atoms with Crippen LogP contribution < -0.4 is 39.2 Å². The average Bonchev–Trinajstić information content (AvgIpc) is 2.72. The van der Waals surface area contributed by atoms with E-state index in [4.69, 9.17) is 10.5 Å². The molecule has 0 saturated carbocycles. The van der Waals surface area contributed by atoms with Crippen molar-refractivity contribution < 1.29 is 52.6 Å². The Morgan fingerprint density at radius 1 is 1.00 bits per heavy atom. The number of hydrogen-bond acceptors (Lipinski definition) is 7. The highest BCUT2D eigenvalue weighted by Crippen LogP contribution is 2.28. The molecule has 0 bridgehead atoms. The van der Waals surface area contributed by atoms with E-state index in [-0.39, 0.29) is 48.2 Å². The average molecular weight is 469 g/mol. The molecule has 3 amide bonds. The quantitative estimate of drug-likeness (QED) is 0.191. The van der Waals surface area contributed by atoms with Crippen LogP contribution in [0.1, 0.15) is 11.1 Å². The van der Waals surface area contributed by atoms with E-state index in [2.05, 4.69) is 16.4 Å². The molecule has 0 aliphatic carbocycles. The molecule has 174 valence electrons. The van der Waals surface area contributed by atoms with E-state index in [1.807, 2.05) is 0 Å². The lowest BCUT2D eigenvalue weighted by atomic mass is 10.0. The highest BCUT2D eigenvalue weighted by molar-refractivity contribution is 5.88. The van der Waals surface area contributed by atoms with Gasteiger partial charge in [0.15, 0.2) is 29.0 Å². The maximum Gasteiger partial charge on any atom is 0.412 e. The monoisotopic (exact) mass is 468 g/mol. The smallest absolute Gasteiger partial charge is 0.412 e. The second-order valence-electron chi connectivity index (χ2n) is 6.83. The van der Waals surface area contributed by atoms with Gasteiger partial charge in [-0.2, -0.15) is 0 Å². The van der Waals surface area contributed by atoms with E-state index >= 15 is 0 Å². The van der Waals surface area contributed by atoms with Crippen LogP contribution in [0.5, 0.6) is 23.0 Å². The molecule has 0 aliphatic rings. The summed E-state index contributed by atoms with van der Waals surface area (Å²) in [6.07, 6.45) is -0.653. The zero-order valence-electron chi connectivity index (χ0n) is 17.2. The number of benzene rings is 2. The minimum Gasteiger partial charge on any atom is -1.00 e. The fourth-order valence-corrected chi connectivity index (χ4v) is 2.74. The number of amides is 3. The Bertz CT molecular complexity index is 986. The number of nitrogens with one attached hydrogen (secondary N) is 2. The molecule has 2 aromatic rings. The van der Waals surface area contributed by atoms with Gasteiger partial charge in [-0.1, -0.05) is 12.1 Å². The number of primary amides is 1. The van der Waals surface area contributed by atoms with Crippen LogP contribution in [-0.2, 0) is 22.4 Å². The Morgan fingerprint density at radius 2 is 1.59 bits per heavy atom. The molecule has 0 radical (unpaired) electrons. The molecule has 32 heavy (non-hydrogen) atoms. The number of hydrogen-bond donors (Lipinski definition) is 7. The summed E-state index contributed by atoms with van der Waals surface area (Å²) < 4.78 is 4.93. The topological polar surface area (TPSA) is 199 Å². The molecule has 10 N–H and O–H groups in total. The first-order valence-corrected chi connectivity index (χ1v) is 9.25. The molecule has 0 unspecified atom stereocenters. The molecule has 0 spiro atoms. The summed E-state index contributed by atoms with van der Waals surface area (Å²) in [6, 6.07) is 6.40. The molecule has 2 atom stereocenters. The number of nitrogens with two attached hydrogens (primary N) is 1. The van der Waals surface area contributed by atoms with Crippen molar-refractivity contribution in [2.24, 2.45) is 5.73 Å². The van der Waals surface area contributed by atoms with Crippen LogP contribution in [0.3, 0.4) is 0 Å². The van der Waals surface area contributed by atoms with Crippen molar-refractivity contribution in [2.45, 2.75) is 24.9 Å². The molecule has 2 aromatic carbocycles. The third-order valence-corrected chi connectivity index (χ3v) is 4.42. The molecule has 11 nitrogen and oxygen atoms in total. The minimum absolute atomic E-state index is 0. The number of carbonyl (C=O) groups excluding carboxylic acids is 3. The Balaban J connectivity index is 0.00000512. The van der Waals surface area contributed by atoms with Gasteiger partial charge in [-0.15, -0.1) is 0 Å². The first-order chi connectivity index (χ1) is 14.6. The van der Waals surface area contributed by atoms with Crippen molar-refractivity contribution >= 4 is 17.9 Å². The first-order valence-electron chi connectivity index (χ1n) is 9.25. The Hall–Kier alpha value is -3.70. The van der Waals surface area contributed by atoms with E-state index in [1.54, 1.807) is 0 Å². The van der Waals surface area contributed by atoms with Crippen LogP contribution >= 0.6 is 0 Å². The largest absolute Gasteiger partial charge is 1.00 e. The highest BCUT2D eigenvalue weighted by Gasteiger charge is 2.25. The standard InChI is InChI=1S/C20H24N4O7.ClH/c1-23-20(30)31-17-9-11(3-5-15(17)26)7-13(18(22)28)24-19(29)12(21)6-10-2-4-14(25)16(27)8-10;/h2-5,8-9,12-13,25-27H,6-7,21H2,1H3,(H2,22,28)(H,23,30)(H,24,29);1H/t12-,13-;/m0./s1. The Morgan fingerprint density at radius 3 is 2.16 bits per heavy atom. The van der Waals surface area contributed by atoms with Gasteiger partial charge in [-0.25, -0.2) is 4.79 Å². The number of ether oxygens (including phenoxy) is 1. The number of quaternary nitrogens is 1. The third kappa shape index (κ3) is 7.22. The molecule has 0 saturated heterocycles.